The van der Waals surface area contributed by atoms with E-state index >= 15 is 0 Å². The van der Waals surface area contributed by atoms with Gasteiger partial charge in [-0.1, -0.05) is 0 Å². The van der Waals surface area contributed by atoms with Crippen molar-refractivity contribution in [3.05, 3.63) is 36.7 Å². The Bertz CT molecular complexity index is 997. The third-order valence-corrected chi connectivity index (χ3v) is 4.07. The van der Waals surface area contributed by atoms with E-state index in [4.69, 9.17) is 4.74 Å². The highest BCUT2D eigenvalue weighted by atomic mass is 16.5. The van der Waals surface area contributed by atoms with E-state index in [0.29, 0.717) is 0 Å². The number of nitrogens with zero attached hydrogens (tertiary/aromatic N) is 3. The average Bonchev–Trinajstić information content (AvgIpc) is 3.17. The van der Waals surface area contributed by atoms with E-state index in [1.165, 1.54) is 0 Å². The fourth-order valence-corrected chi connectivity index (χ4v) is 2.90. The van der Waals surface area contributed by atoms with E-state index in [0.717, 1.165) is 44.9 Å². The number of aryl methyl sites for hydroxylation is 1. The van der Waals surface area contributed by atoms with Crippen molar-refractivity contribution in [3.8, 4) is 17.0 Å². The fourth-order valence-electron chi connectivity index (χ4n) is 2.90. The number of benzene rings is 1. The molecule has 3 aromatic heterocycles. The standard InChI is InChI=1S/C17H17N5O/c1-18-17-14-15(22(2)9-19-14)12-8-13(20-16(12)21-17)10-4-6-11(23-3)7-5-10/h4-9H,1-3H3,(H2,18,20,21). The minimum Gasteiger partial charge on any atom is -0.497 e. The monoisotopic (exact) mass is 307 g/mol. The fraction of sp³-hybridized carbons (Fsp3) is 0.176. The summed E-state index contributed by atoms with van der Waals surface area (Å²) in [6.45, 7) is 0. The van der Waals surface area contributed by atoms with Gasteiger partial charge in [0, 0.05) is 25.2 Å². The molecule has 0 bridgehead atoms. The number of hydrogen-bond acceptors (Lipinski definition) is 4. The predicted molar refractivity (Wildman–Crippen MR) is 91.9 cm³/mol. The van der Waals surface area contributed by atoms with Gasteiger partial charge in [0.2, 0.25) is 0 Å². The van der Waals surface area contributed by atoms with Gasteiger partial charge in [-0.2, -0.15) is 0 Å². The maximum absolute atomic E-state index is 5.21. The van der Waals surface area contributed by atoms with Gasteiger partial charge in [-0.15, -0.1) is 0 Å². The lowest BCUT2D eigenvalue weighted by atomic mass is 10.1. The van der Waals surface area contributed by atoms with Crippen molar-refractivity contribution in [1.29, 1.82) is 0 Å². The van der Waals surface area contributed by atoms with Gasteiger partial charge in [0.05, 0.1) is 19.0 Å². The maximum atomic E-state index is 5.21. The van der Waals surface area contributed by atoms with Crippen molar-refractivity contribution in [2.24, 2.45) is 7.05 Å². The van der Waals surface area contributed by atoms with Crippen LogP contribution in [0.2, 0.25) is 0 Å². The highest BCUT2D eigenvalue weighted by Gasteiger charge is 2.14. The Morgan fingerprint density at radius 2 is 2.00 bits per heavy atom. The van der Waals surface area contributed by atoms with Gasteiger partial charge in [0.15, 0.2) is 5.82 Å². The SMILES string of the molecule is CNc1nc2[nH]c(-c3ccc(OC)cc3)cc2c2c1ncn2C. The minimum absolute atomic E-state index is 0.774. The number of methoxy groups -OCH3 is 1. The van der Waals surface area contributed by atoms with E-state index in [1.54, 1.807) is 7.11 Å². The summed E-state index contributed by atoms with van der Waals surface area (Å²) in [7, 11) is 5.52. The first kappa shape index (κ1) is 13.6. The summed E-state index contributed by atoms with van der Waals surface area (Å²) in [6, 6.07) is 10.1. The molecule has 0 fully saturated rings. The van der Waals surface area contributed by atoms with Crippen molar-refractivity contribution >= 4 is 27.9 Å². The van der Waals surface area contributed by atoms with Crippen molar-refractivity contribution in [2.45, 2.75) is 0 Å². The third kappa shape index (κ3) is 2.03. The molecule has 0 atom stereocenters. The average molecular weight is 307 g/mol. The van der Waals surface area contributed by atoms with Crippen LogP contribution in [-0.4, -0.2) is 33.7 Å². The van der Waals surface area contributed by atoms with Crippen LogP contribution >= 0.6 is 0 Å². The van der Waals surface area contributed by atoms with E-state index in [-0.39, 0.29) is 0 Å². The van der Waals surface area contributed by atoms with Crippen LogP contribution in [0.5, 0.6) is 5.75 Å². The Kier molecular flexibility index (Phi) is 2.97. The van der Waals surface area contributed by atoms with Crippen LogP contribution in [0.4, 0.5) is 5.82 Å². The van der Waals surface area contributed by atoms with Gasteiger partial charge in [0.25, 0.3) is 0 Å². The summed E-state index contributed by atoms with van der Waals surface area (Å²) in [5.41, 5.74) is 4.89. The minimum atomic E-state index is 0.774. The normalized spacial score (nSPS) is 11.3. The zero-order valence-electron chi connectivity index (χ0n) is 13.2. The molecule has 6 nitrogen and oxygen atoms in total. The number of pyridine rings is 1. The number of imidazole rings is 1. The molecule has 6 heteroatoms. The molecular formula is C17H17N5O. The Morgan fingerprint density at radius 1 is 1.22 bits per heavy atom. The smallest absolute Gasteiger partial charge is 0.156 e. The van der Waals surface area contributed by atoms with Crippen molar-refractivity contribution in [2.75, 3.05) is 19.5 Å². The highest BCUT2D eigenvalue weighted by molar-refractivity contribution is 6.07. The van der Waals surface area contributed by atoms with Crippen LogP contribution in [0.25, 0.3) is 33.3 Å². The van der Waals surface area contributed by atoms with Crippen molar-refractivity contribution in [3.63, 3.8) is 0 Å². The molecule has 116 valence electrons. The number of fused-ring (bicyclic) bond motifs is 3. The molecule has 0 radical (unpaired) electrons. The quantitative estimate of drug-likeness (QED) is 0.610. The van der Waals surface area contributed by atoms with Crippen LogP contribution in [0.15, 0.2) is 36.7 Å². The number of aromatic amines is 1. The van der Waals surface area contributed by atoms with Crippen LogP contribution < -0.4 is 10.1 Å². The molecule has 4 rings (SSSR count). The largest absolute Gasteiger partial charge is 0.497 e. The lowest BCUT2D eigenvalue weighted by molar-refractivity contribution is 0.415. The first-order valence-corrected chi connectivity index (χ1v) is 7.37. The molecule has 0 spiro atoms. The number of hydrogen-bond donors (Lipinski definition) is 2. The number of anilines is 1. The lowest BCUT2D eigenvalue weighted by Gasteiger charge is -2.02. The Labute approximate surface area is 133 Å². The molecule has 2 N–H and O–H groups in total. The number of nitrogens with one attached hydrogen (secondary N) is 2. The summed E-state index contributed by atoms with van der Waals surface area (Å²) in [5, 5.41) is 4.18. The second kappa shape index (κ2) is 5.01. The maximum Gasteiger partial charge on any atom is 0.156 e. The van der Waals surface area contributed by atoms with Crippen LogP contribution in [0, 0.1) is 0 Å². The molecule has 0 amide bonds. The van der Waals surface area contributed by atoms with Gasteiger partial charge in [-0.05, 0) is 35.9 Å². The summed E-state index contributed by atoms with van der Waals surface area (Å²) in [5.74, 6) is 1.62. The summed E-state index contributed by atoms with van der Waals surface area (Å²) in [4.78, 5) is 12.5. The van der Waals surface area contributed by atoms with Crippen LogP contribution in [0.1, 0.15) is 0 Å². The van der Waals surface area contributed by atoms with E-state index in [9.17, 15) is 0 Å². The van der Waals surface area contributed by atoms with Gasteiger partial charge in [-0.3, -0.25) is 0 Å². The molecule has 4 aromatic rings. The summed E-state index contributed by atoms with van der Waals surface area (Å²) in [6.07, 6.45) is 1.81. The van der Waals surface area contributed by atoms with E-state index in [1.807, 2.05) is 49.3 Å². The number of ether oxygens (including phenoxy) is 1. The lowest BCUT2D eigenvalue weighted by Crippen LogP contribution is -1.95. The number of rotatable bonds is 3. The zero-order chi connectivity index (χ0) is 16.0. The molecule has 3 heterocycles. The Morgan fingerprint density at radius 3 is 2.70 bits per heavy atom. The van der Waals surface area contributed by atoms with E-state index < -0.39 is 0 Å². The Hall–Kier alpha value is -3.02. The first-order chi connectivity index (χ1) is 11.2. The molecule has 0 aliphatic heterocycles. The second-order valence-corrected chi connectivity index (χ2v) is 5.44. The van der Waals surface area contributed by atoms with Gasteiger partial charge in [-0.25, -0.2) is 9.97 Å². The second-order valence-electron chi connectivity index (χ2n) is 5.44. The van der Waals surface area contributed by atoms with Crippen LogP contribution in [-0.2, 0) is 7.05 Å². The van der Waals surface area contributed by atoms with Crippen molar-refractivity contribution in [1.82, 2.24) is 19.5 Å². The van der Waals surface area contributed by atoms with Crippen LogP contribution in [0.3, 0.4) is 0 Å². The molecular weight excluding hydrogens is 290 g/mol. The van der Waals surface area contributed by atoms with Gasteiger partial charge in [0.1, 0.15) is 16.9 Å². The highest BCUT2D eigenvalue weighted by Crippen LogP contribution is 2.31. The molecule has 0 saturated carbocycles. The summed E-state index contributed by atoms with van der Waals surface area (Å²) < 4.78 is 7.23. The molecule has 0 aliphatic carbocycles. The number of aromatic nitrogens is 4. The molecule has 1 aromatic carbocycles. The van der Waals surface area contributed by atoms with Gasteiger partial charge >= 0.3 is 0 Å². The molecule has 0 saturated heterocycles. The Balaban J connectivity index is 1.96. The first-order valence-electron chi connectivity index (χ1n) is 7.37. The summed E-state index contributed by atoms with van der Waals surface area (Å²) >= 11 is 0. The number of H-pyrrole nitrogens is 1. The predicted octanol–water partition coefficient (Wildman–Crippen LogP) is 3.17. The molecule has 0 aliphatic rings. The van der Waals surface area contributed by atoms with Crippen molar-refractivity contribution < 1.29 is 4.74 Å². The topological polar surface area (TPSA) is 67.8 Å². The third-order valence-electron chi connectivity index (χ3n) is 4.07. The molecule has 0 unspecified atom stereocenters. The van der Waals surface area contributed by atoms with E-state index in [2.05, 4.69) is 26.3 Å². The molecule has 23 heavy (non-hydrogen) atoms. The zero-order valence-corrected chi connectivity index (χ0v) is 13.2. The van der Waals surface area contributed by atoms with Gasteiger partial charge < -0.3 is 19.6 Å².